The van der Waals surface area contributed by atoms with Crippen LogP contribution in [0.25, 0.3) is 0 Å². The quantitative estimate of drug-likeness (QED) is 0.386. The lowest BCUT2D eigenvalue weighted by atomic mass is 10.1. The fourth-order valence-corrected chi connectivity index (χ4v) is 4.23. The van der Waals surface area contributed by atoms with Crippen molar-refractivity contribution in [1.29, 1.82) is 0 Å². The van der Waals surface area contributed by atoms with E-state index in [4.69, 9.17) is 4.74 Å². The number of rotatable bonds is 8. The molecule has 6 nitrogen and oxygen atoms in total. The molecule has 0 saturated carbocycles. The van der Waals surface area contributed by atoms with Gasteiger partial charge in [0.2, 0.25) is 5.91 Å². The average Bonchev–Trinajstić information content (AvgIpc) is 2.91. The minimum absolute atomic E-state index is 0.265. The number of carbonyl (C=O) groups excluding carboxylic acids is 3. The van der Waals surface area contributed by atoms with Crippen LogP contribution in [0.5, 0.6) is 0 Å². The largest absolute Gasteiger partial charge is 0.452 e. The van der Waals surface area contributed by atoms with Gasteiger partial charge < -0.3 is 15.4 Å². The molecule has 150 valence electrons. The van der Waals surface area contributed by atoms with Gasteiger partial charge in [-0.05, 0) is 38.5 Å². The van der Waals surface area contributed by atoms with E-state index in [-0.39, 0.29) is 18.4 Å². The third-order valence-corrected chi connectivity index (χ3v) is 6.06. The van der Waals surface area contributed by atoms with E-state index < -0.39 is 5.97 Å². The Labute approximate surface area is 173 Å². The zero-order valence-corrected chi connectivity index (χ0v) is 18.0. The van der Waals surface area contributed by atoms with Crippen LogP contribution in [-0.2, 0) is 14.3 Å². The summed E-state index contributed by atoms with van der Waals surface area (Å²) in [6.45, 7) is 7.18. The molecule has 1 aromatic carbocycles. The summed E-state index contributed by atoms with van der Waals surface area (Å²) in [4.78, 5) is 37.7. The maximum absolute atomic E-state index is 12.4. The van der Waals surface area contributed by atoms with Gasteiger partial charge >= 0.3 is 5.97 Å². The lowest BCUT2D eigenvalue weighted by Crippen LogP contribution is -2.30. The predicted molar refractivity (Wildman–Crippen MR) is 113 cm³/mol. The number of amides is 2. The number of esters is 1. The zero-order chi connectivity index (χ0) is 20.7. The average molecular weight is 421 g/mol. The van der Waals surface area contributed by atoms with Crippen LogP contribution in [0.2, 0.25) is 0 Å². The first-order valence-corrected chi connectivity index (χ1v) is 10.6. The van der Waals surface area contributed by atoms with Crippen LogP contribution in [0.3, 0.4) is 0 Å². The normalized spacial score (nSPS) is 10.4. The predicted octanol–water partition coefficient (Wildman–Crippen LogP) is 3.70. The number of anilines is 1. The molecule has 0 aliphatic rings. The Kier molecular flexibility index (Phi) is 8.07. The molecular formula is C20H24N2O4S2. The van der Waals surface area contributed by atoms with E-state index in [1.54, 1.807) is 18.7 Å². The van der Waals surface area contributed by atoms with E-state index in [1.165, 1.54) is 23.8 Å². The van der Waals surface area contributed by atoms with Crippen LogP contribution in [0.1, 0.15) is 33.3 Å². The fourth-order valence-electron chi connectivity index (χ4n) is 2.37. The molecule has 0 unspecified atom stereocenters. The molecule has 0 bridgehead atoms. The number of benzene rings is 1. The van der Waals surface area contributed by atoms with Crippen LogP contribution in [-0.4, -0.2) is 36.7 Å². The number of hydrogen-bond acceptors (Lipinski definition) is 6. The second-order valence-corrected chi connectivity index (χ2v) is 8.65. The Morgan fingerprint density at radius 3 is 2.43 bits per heavy atom. The Hall–Kier alpha value is -2.32. The number of nitrogens with one attached hydrogen (secondary N) is 2. The molecule has 0 spiro atoms. The second-order valence-electron chi connectivity index (χ2n) is 6.26. The van der Waals surface area contributed by atoms with Crippen LogP contribution < -0.4 is 10.6 Å². The summed E-state index contributed by atoms with van der Waals surface area (Å²) >= 11 is 2.95. The molecule has 2 rings (SSSR count). The summed E-state index contributed by atoms with van der Waals surface area (Å²) < 4.78 is 5.13. The molecule has 0 fully saturated rings. The number of thiophene rings is 1. The molecule has 28 heavy (non-hydrogen) atoms. The van der Waals surface area contributed by atoms with Crippen LogP contribution in [0.4, 0.5) is 5.00 Å². The van der Waals surface area contributed by atoms with Gasteiger partial charge in [0, 0.05) is 29.0 Å². The highest BCUT2D eigenvalue weighted by atomic mass is 32.2. The standard InChI is InChI=1S/C20H24N2O4S2/c1-12-5-7-16(8-6-12)27-10-9-21-17(24)11-26-20(25)18-13(2)14(3)28-19(18)22-15(4)23/h5-8H,9-11H2,1-4H3,(H,21,24)(H,22,23). The van der Waals surface area contributed by atoms with Gasteiger partial charge in [-0.1, -0.05) is 17.7 Å². The minimum atomic E-state index is -0.616. The number of ether oxygens (including phenoxy) is 1. The fraction of sp³-hybridized carbons (Fsp3) is 0.350. The van der Waals surface area contributed by atoms with Crippen molar-refractivity contribution in [3.8, 4) is 0 Å². The molecule has 2 aromatic rings. The summed E-state index contributed by atoms with van der Waals surface area (Å²) in [6.07, 6.45) is 0. The van der Waals surface area contributed by atoms with Gasteiger partial charge in [-0.15, -0.1) is 23.1 Å². The minimum Gasteiger partial charge on any atom is -0.452 e. The molecule has 0 aliphatic heterocycles. The van der Waals surface area contributed by atoms with Gasteiger partial charge in [0.05, 0.1) is 5.56 Å². The summed E-state index contributed by atoms with van der Waals surface area (Å²) in [7, 11) is 0. The number of hydrogen-bond donors (Lipinski definition) is 2. The van der Waals surface area contributed by atoms with Gasteiger partial charge in [-0.2, -0.15) is 0 Å². The monoisotopic (exact) mass is 420 g/mol. The molecule has 0 radical (unpaired) electrons. The van der Waals surface area contributed by atoms with Gasteiger partial charge in [0.25, 0.3) is 5.91 Å². The number of thioether (sulfide) groups is 1. The molecular weight excluding hydrogens is 396 g/mol. The summed E-state index contributed by atoms with van der Waals surface area (Å²) in [5.74, 6) is -0.518. The highest BCUT2D eigenvalue weighted by molar-refractivity contribution is 7.99. The van der Waals surface area contributed by atoms with E-state index in [0.717, 1.165) is 21.1 Å². The highest BCUT2D eigenvalue weighted by Gasteiger charge is 2.22. The van der Waals surface area contributed by atoms with Crippen LogP contribution >= 0.6 is 23.1 Å². The van der Waals surface area contributed by atoms with Gasteiger partial charge in [-0.25, -0.2) is 4.79 Å². The topological polar surface area (TPSA) is 84.5 Å². The number of aryl methyl sites for hydroxylation is 2. The maximum Gasteiger partial charge on any atom is 0.341 e. The van der Waals surface area contributed by atoms with Crippen molar-refractivity contribution in [2.75, 3.05) is 24.2 Å². The third kappa shape index (κ3) is 6.38. The molecule has 2 N–H and O–H groups in total. The molecule has 2 amide bonds. The molecule has 1 heterocycles. The Balaban J connectivity index is 1.78. The van der Waals surface area contributed by atoms with E-state index in [9.17, 15) is 14.4 Å². The van der Waals surface area contributed by atoms with Gasteiger partial charge in [-0.3, -0.25) is 9.59 Å². The van der Waals surface area contributed by atoms with E-state index in [0.29, 0.717) is 17.1 Å². The van der Waals surface area contributed by atoms with E-state index in [1.807, 2.05) is 38.1 Å². The van der Waals surface area contributed by atoms with Crippen LogP contribution in [0, 0.1) is 20.8 Å². The Morgan fingerprint density at radius 2 is 1.79 bits per heavy atom. The van der Waals surface area contributed by atoms with Crippen molar-refractivity contribution in [2.24, 2.45) is 0 Å². The second kappa shape index (κ2) is 10.3. The van der Waals surface area contributed by atoms with Crippen LogP contribution in [0.15, 0.2) is 29.2 Å². The lowest BCUT2D eigenvalue weighted by Gasteiger charge is -2.08. The highest BCUT2D eigenvalue weighted by Crippen LogP contribution is 2.32. The summed E-state index contributed by atoms with van der Waals surface area (Å²) in [6, 6.07) is 8.18. The first kappa shape index (κ1) is 22.0. The summed E-state index contributed by atoms with van der Waals surface area (Å²) in [5, 5.41) is 5.82. The van der Waals surface area contributed by atoms with Crippen molar-refractivity contribution < 1.29 is 19.1 Å². The smallest absolute Gasteiger partial charge is 0.341 e. The van der Waals surface area contributed by atoms with Crippen molar-refractivity contribution in [3.05, 3.63) is 45.8 Å². The summed E-state index contributed by atoms with van der Waals surface area (Å²) in [5.41, 5.74) is 2.26. The maximum atomic E-state index is 12.4. The third-order valence-electron chi connectivity index (χ3n) is 3.93. The van der Waals surface area contributed by atoms with Crippen molar-refractivity contribution in [3.63, 3.8) is 0 Å². The van der Waals surface area contributed by atoms with Gasteiger partial charge in [0.15, 0.2) is 6.61 Å². The van der Waals surface area contributed by atoms with Crippen molar-refractivity contribution >= 4 is 45.9 Å². The van der Waals surface area contributed by atoms with Crippen molar-refractivity contribution in [1.82, 2.24) is 5.32 Å². The van der Waals surface area contributed by atoms with Gasteiger partial charge in [0.1, 0.15) is 5.00 Å². The zero-order valence-electron chi connectivity index (χ0n) is 16.4. The molecule has 8 heteroatoms. The SMILES string of the molecule is CC(=O)Nc1sc(C)c(C)c1C(=O)OCC(=O)NCCSc1ccc(C)cc1. The van der Waals surface area contributed by atoms with E-state index in [2.05, 4.69) is 10.6 Å². The van der Waals surface area contributed by atoms with E-state index >= 15 is 0 Å². The first-order chi connectivity index (χ1) is 13.3. The molecule has 0 atom stereocenters. The lowest BCUT2D eigenvalue weighted by molar-refractivity contribution is -0.124. The first-order valence-electron chi connectivity index (χ1n) is 8.78. The molecule has 0 saturated heterocycles. The Bertz CT molecular complexity index is 860. The molecule has 0 aliphatic carbocycles. The Morgan fingerprint density at radius 1 is 1.11 bits per heavy atom. The van der Waals surface area contributed by atoms with Crippen molar-refractivity contribution in [2.45, 2.75) is 32.6 Å². The molecule has 1 aromatic heterocycles. The number of carbonyl (C=O) groups is 3.